The highest BCUT2D eigenvalue weighted by molar-refractivity contribution is 9.10. The van der Waals surface area contributed by atoms with Gasteiger partial charge in [0.05, 0.1) is 28.1 Å². The van der Waals surface area contributed by atoms with Gasteiger partial charge in [-0.2, -0.15) is 13.2 Å². The fourth-order valence-electron chi connectivity index (χ4n) is 2.46. The summed E-state index contributed by atoms with van der Waals surface area (Å²) in [5.41, 5.74) is 11.9. The highest BCUT2D eigenvalue weighted by atomic mass is 79.9. The summed E-state index contributed by atoms with van der Waals surface area (Å²) >= 11 is 3.35. The molecule has 1 heterocycles. The lowest BCUT2D eigenvalue weighted by atomic mass is 10.0. The maximum absolute atomic E-state index is 13.2. The van der Waals surface area contributed by atoms with Crippen molar-refractivity contribution >= 4 is 38.2 Å². The summed E-state index contributed by atoms with van der Waals surface area (Å²) < 4.78 is 40.4. The number of anilines is 2. The van der Waals surface area contributed by atoms with Gasteiger partial charge in [-0.15, -0.1) is 0 Å². The Kier molecular flexibility index (Phi) is 3.68. The molecular weight excluding hydrogens is 371 g/mol. The lowest BCUT2D eigenvalue weighted by Crippen LogP contribution is -2.09. The molecule has 1 aromatic heterocycles. The van der Waals surface area contributed by atoms with Crippen LogP contribution in [0.3, 0.4) is 0 Å². The molecule has 0 saturated carbocycles. The summed E-state index contributed by atoms with van der Waals surface area (Å²) in [4.78, 5) is 4.31. The Labute approximate surface area is 138 Å². The van der Waals surface area contributed by atoms with E-state index in [4.69, 9.17) is 11.5 Å². The molecule has 118 valence electrons. The molecule has 4 N–H and O–H groups in total. The van der Waals surface area contributed by atoms with Crippen molar-refractivity contribution in [1.29, 1.82) is 0 Å². The SMILES string of the molecule is Nc1c(-c2ccccc2C(F)(F)F)nc2cccc(Br)c2c1N. The first-order chi connectivity index (χ1) is 10.8. The van der Waals surface area contributed by atoms with Crippen LogP contribution >= 0.6 is 15.9 Å². The largest absolute Gasteiger partial charge is 0.417 e. The second-order valence-electron chi connectivity index (χ2n) is 4.97. The van der Waals surface area contributed by atoms with Gasteiger partial charge in [-0.25, -0.2) is 4.98 Å². The van der Waals surface area contributed by atoms with Crippen LogP contribution in [-0.4, -0.2) is 4.98 Å². The van der Waals surface area contributed by atoms with Crippen LogP contribution in [-0.2, 0) is 6.18 Å². The number of benzene rings is 2. The van der Waals surface area contributed by atoms with E-state index in [1.807, 2.05) is 0 Å². The van der Waals surface area contributed by atoms with Crippen molar-refractivity contribution in [3.05, 3.63) is 52.5 Å². The first-order valence-corrected chi connectivity index (χ1v) is 7.39. The van der Waals surface area contributed by atoms with Gasteiger partial charge in [-0.05, 0) is 18.2 Å². The van der Waals surface area contributed by atoms with Crippen molar-refractivity contribution in [2.24, 2.45) is 0 Å². The minimum atomic E-state index is -4.51. The molecule has 3 nitrogen and oxygen atoms in total. The number of nitrogens with zero attached hydrogens (tertiary/aromatic N) is 1. The zero-order valence-electron chi connectivity index (χ0n) is 11.7. The maximum Gasteiger partial charge on any atom is 0.417 e. The van der Waals surface area contributed by atoms with Crippen molar-refractivity contribution in [1.82, 2.24) is 4.98 Å². The Balaban J connectivity index is 2.37. The minimum absolute atomic E-state index is 0.0287. The van der Waals surface area contributed by atoms with Crippen LogP contribution in [0.25, 0.3) is 22.2 Å². The lowest BCUT2D eigenvalue weighted by molar-refractivity contribution is -0.137. The van der Waals surface area contributed by atoms with Crippen molar-refractivity contribution in [2.45, 2.75) is 6.18 Å². The third kappa shape index (κ3) is 2.61. The average molecular weight is 382 g/mol. The van der Waals surface area contributed by atoms with E-state index in [0.717, 1.165) is 6.07 Å². The van der Waals surface area contributed by atoms with Crippen LogP contribution in [0.1, 0.15) is 5.56 Å². The number of halogens is 4. The quantitative estimate of drug-likeness (QED) is 0.633. The van der Waals surface area contributed by atoms with Gasteiger partial charge in [-0.3, -0.25) is 0 Å². The number of nitrogen functional groups attached to an aromatic ring is 2. The van der Waals surface area contributed by atoms with E-state index in [1.165, 1.54) is 18.2 Å². The molecule has 0 spiro atoms. The Morgan fingerprint density at radius 1 is 0.913 bits per heavy atom. The highest BCUT2D eigenvalue weighted by Gasteiger charge is 2.34. The normalized spacial score (nSPS) is 11.8. The van der Waals surface area contributed by atoms with Crippen LogP contribution in [0.4, 0.5) is 24.5 Å². The van der Waals surface area contributed by atoms with Crippen LogP contribution in [0.2, 0.25) is 0 Å². The van der Waals surface area contributed by atoms with Crippen LogP contribution in [0.15, 0.2) is 46.9 Å². The number of rotatable bonds is 1. The molecule has 0 fully saturated rings. The number of fused-ring (bicyclic) bond motifs is 1. The number of hydrogen-bond acceptors (Lipinski definition) is 3. The number of nitrogens with two attached hydrogens (primary N) is 2. The highest BCUT2D eigenvalue weighted by Crippen LogP contribution is 2.42. The molecule has 0 amide bonds. The van der Waals surface area contributed by atoms with Gasteiger partial charge in [0, 0.05) is 15.4 Å². The average Bonchev–Trinajstić information content (AvgIpc) is 2.50. The van der Waals surface area contributed by atoms with Crippen molar-refractivity contribution in [3.8, 4) is 11.3 Å². The summed E-state index contributed by atoms with van der Waals surface area (Å²) in [5, 5.41) is 0.582. The molecule has 0 unspecified atom stereocenters. The topological polar surface area (TPSA) is 64.9 Å². The van der Waals surface area contributed by atoms with E-state index >= 15 is 0 Å². The van der Waals surface area contributed by atoms with Crippen molar-refractivity contribution in [2.75, 3.05) is 11.5 Å². The summed E-state index contributed by atoms with van der Waals surface area (Å²) in [5.74, 6) is 0. The van der Waals surface area contributed by atoms with E-state index in [9.17, 15) is 13.2 Å². The minimum Gasteiger partial charge on any atom is -0.396 e. The van der Waals surface area contributed by atoms with Crippen LogP contribution in [0.5, 0.6) is 0 Å². The third-order valence-corrected chi connectivity index (χ3v) is 4.19. The Hall–Kier alpha value is -2.28. The number of alkyl halides is 3. The molecule has 2 aromatic carbocycles. The molecule has 0 aliphatic heterocycles. The lowest BCUT2D eigenvalue weighted by Gasteiger charge is -2.16. The first-order valence-electron chi connectivity index (χ1n) is 6.60. The van der Waals surface area contributed by atoms with E-state index in [-0.39, 0.29) is 22.6 Å². The van der Waals surface area contributed by atoms with Gasteiger partial charge < -0.3 is 11.5 Å². The summed E-state index contributed by atoms with van der Waals surface area (Å²) in [6, 6.07) is 10.3. The zero-order valence-corrected chi connectivity index (χ0v) is 13.2. The van der Waals surface area contributed by atoms with E-state index in [2.05, 4.69) is 20.9 Å². The predicted molar refractivity (Wildman–Crippen MR) is 88.7 cm³/mol. The molecule has 7 heteroatoms. The molecule has 0 saturated heterocycles. The molecule has 0 radical (unpaired) electrons. The second-order valence-corrected chi connectivity index (χ2v) is 5.82. The molecule has 0 aliphatic rings. The zero-order chi connectivity index (χ0) is 16.8. The summed E-state index contributed by atoms with van der Waals surface area (Å²) in [6.45, 7) is 0. The Morgan fingerprint density at radius 3 is 2.30 bits per heavy atom. The number of hydrogen-bond donors (Lipinski definition) is 2. The van der Waals surface area contributed by atoms with Gasteiger partial charge >= 0.3 is 6.18 Å². The van der Waals surface area contributed by atoms with Gasteiger partial charge in [0.2, 0.25) is 0 Å². The predicted octanol–water partition coefficient (Wildman–Crippen LogP) is 4.85. The van der Waals surface area contributed by atoms with E-state index in [1.54, 1.807) is 18.2 Å². The van der Waals surface area contributed by atoms with Crippen LogP contribution in [0, 0.1) is 0 Å². The second kappa shape index (κ2) is 5.42. The molecular formula is C16H11BrF3N3. The van der Waals surface area contributed by atoms with E-state index in [0.29, 0.717) is 15.4 Å². The number of pyridine rings is 1. The summed E-state index contributed by atoms with van der Waals surface area (Å²) in [6.07, 6.45) is -4.51. The standard InChI is InChI=1S/C16H11BrF3N3/c17-10-6-3-7-11-12(10)13(21)14(22)15(23-11)8-4-1-2-5-9(8)16(18,19)20/h1-7H,22H2,(H2,21,23). The molecule has 0 bridgehead atoms. The maximum atomic E-state index is 13.2. The van der Waals surface area contributed by atoms with Gasteiger partial charge in [0.15, 0.2) is 0 Å². The van der Waals surface area contributed by atoms with Gasteiger partial charge in [-0.1, -0.05) is 40.2 Å². The molecule has 0 aliphatic carbocycles. The third-order valence-electron chi connectivity index (χ3n) is 3.53. The van der Waals surface area contributed by atoms with E-state index < -0.39 is 11.7 Å². The van der Waals surface area contributed by atoms with Gasteiger partial charge in [0.25, 0.3) is 0 Å². The fourth-order valence-corrected chi connectivity index (χ4v) is 3.03. The molecule has 3 rings (SSSR count). The first kappa shape index (κ1) is 15.6. The Bertz CT molecular complexity index is 907. The summed E-state index contributed by atoms with van der Waals surface area (Å²) in [7, 11) is 0. The fraction of sp³-hybridized carbons (Fsp3) is 0.0625. The molecule has 23 heavy (non-hydrogen) atoms. The van der Waals surface area contributed by atoms with Crippen LogP contribution < -0.4 is 11.5 Å². The van der Waals surface area contributed by atoms with Crippen molar-refractivity contribution < 1.29 is 13.2 Å². The molecule has 0 atom stereocenters. The van der Waals surface area contributed by atoms with Crippen molar-refractivity contribution in [3.63, 3.8) is 0 Å². The molecule has 3 aromatic rings. The monoisotopic (exact) mass is 381 g/mol. The smallest absolute Gasteiger partial charge is 0.396 e. The van der Waals surface area contributed by atoms with Gasteiger partial charge in [0.1, 0.15) is 0 Å². The number of aromatic nitrogens is 1. The Morgan fingerprint density at radius 2 is 1.61 bits per heavy atom.